The van der Waals surface area contributed by atoms with Crippen LogP contribution in [0.5, 0.6) is 0 Å². The summed E-state index contributed by atoms with van der Waals surface area (Å²) in [5.74, 6) is -3.09. The van der Waals surface area contributed by atoms with Crippen molar-refractivity contribution in [3.63, 3.8) is 0 Å². The molecule has 0 unspecified atom stereocenters. The summed E-state index contributed by atoms with van der Waals surface area (Å²) in [5.41, 5.74) is 4.09. The highest BCUT2D eigenvalue weighted by atomic mass is 16.6. The maximum Gasteiger partial charge on any atom is 0.404 e. The summed E-state index contributed by atoms with van der Waals surface area (Å²) < 4.78 is 11.0. The monoisotopic (exact) mass is 593 g/mol. The first-order valence-corrected chi connectivity index (χ1v) is 15.3. The Balaban J connectivity index is 2.21. The van der Waals surface area contributed by atoms with Crippen molar-refractivity contribution in [3.05, 3.63) is 37.0 Å². The lowest BCUT2D eigenvalue weighted by Gasteiger charge is -2.41. The molecule has 15 atom stereocenters. The van der Waals surface area contributed by atoms with Crippen molar-refractivity contribution in [1.82, 2.24) is 0 Å². The van der Waals surface area contributed by atoms with Crippen LogP contribution in [0.2, 0.25) is 0 Å². The second kappa shape index (κ2) is 15.0. The van der Waals surface area contributed by atoms with Crippen LogP contribution in [0, 0.1) is 53.3 Å². The van der Waals surface area contributed by atoms with E-state index in [0.29, 0.717) is 6.42 Å². The van der Waals surface area contributed by atoms with Gasteiger partial charge in [-0.3, -0.25) is 4.79 Å². The number of aliphatic hydroxyl groups is 4. The van der Waals surface area contributed by atoms with Gasteiger partial charge in [-0.2, -0.15) is 0 Å². The van der Waals surface area contributed by atoms with Crippen molar-refractivity contribution in [2.45, 2.75) is 104 Å². The molecule has 0 aromatic rings. The van der Waals surface area contributed by atoms with Crippen LogP contribution in [0.25, 0.3) is 0 Å². The van der Waals surface area contributed by atoms with Gasteiger partial charge in [0.25, 0.3) is 0 Å². The average molecular weight is 594 g/mol. The Morgan fingerprint density at radius 1 is 1.12 bits per heavy atom. The van der Waals surface area contributed by atoms with E-state index in [1.54, 1.807) is 32.9 Å². The van der Waals surface area contributed by atoms with Gasteiger partial charge in [-0.1, -0.05) is 78.5 Å². The summed E-state index contributed by atoms with van der Waals surface area (Å²) in [6, 6.07) is 0. The van der Waals surface area contributed by atoms with E-state index in [0.717, 1.165) is 0 Å². The van der Waals surface area contributed by atoms with Crippen LogP contribution in [-0.2, 0) is 14.3 Å². The van der Waals surface area contributed by atoms with E-state index in [-0.39, 0.29) is 47.8 Å². The quantitative estimate of drug-likeness (QED) is 0.122. The molecule has 1 saturated heterocycles. The predicted molar refractivity (Wildman–Crippen MR) is 162 cm³/mol. The Bertz CT molecular complexity index is 979. The van der Waals surface area contributed by atoms with Gasteiger partial charge in [0.1, 0.15) is 12.2 Å². The Hall–Kier alpha value is -2.20. The summed E-state index contributed by atoms with van der Waals surface area (Å²) in [7, 11) is 0. The number of nitrogens with two attached hydrogens (primary N) is 1. The van der Waals surface area contributed by atoms with Crippen LogP contribution in [0.3, 0.4) is 0 Å². The Labute approximate surface area is 251 Å². The minimum atomic E-state index is -1.25. The Morgan fingerprint density at radius 2 is 1.74 bits per heavy atom. The fourth-order valence-electron chi connectivity index (χ4n) is 7.50. The zero-order valence-corrected chi connectivity index (χ0v) is 26.6. The van der Waals surface area contributed by atoms with Gasteiger partial charge in [-0.15, -0.1) is 0 Å². The highest BCUT2D eigenvalue weighted by Crippen LogP contribution is 2.49. The standard InChI is InChI=1S/C33H55NO8/c1-10-11-13-17(2)30(42-32(34)39)22(7)27(35)18(3)16-33(9,40)26-21(6)28(36)19(4)24(26)14-12-15-25-20(5)29(37)23(8)31(38)41-25/h10-14,17-30,35-37,40H,1,15-16H2,2-9H3,(H2,34,39)/b13-11-,14-12+/t17-,18-,19-,20-,21-,22-,23+,24+,25+,26+,27+,28-,29-,30-,33+/m0/s1. The summed E-state index contributed by atoms with van der Waals surface area (Å²) in [5, 5.41) is 44.7. The molecule has 1 aliphatic carbocycles. The lowest BCUT2D eigenvalue weighted by molar-refractivity contribution is -0.176. The number of allylic oxidation sites excluding steroid dienone is 3. The van der Waals surface area contributed by atoms with Gasteiger partial charge in [0, 0.05) is 24.2 Å². The number of hydrogen-bond donors (Lipinski definition) is 5. The molecule has 0 bridgehead atoms. The third-order valence-electron chi connectivity index (χ3n) is 10.1. The van der Waals surface area contributed by atoms with Gasteiger partial charge in [-0.05, 0) is 49.9 Å². The van der Waals surface area contributed by atoms with Crippen LogP contribution in [-0.4, -0.2) is 68.6 Å². The Kier molecular flexibility index (Phi) is 12.9. The van der Waals surface area contributed by atoms with E-state index in [1.165, 1.54) is 0 Å². The predicted octanol–water partition coefficient (Wildman–Crippen LogP) is 3.99. The molecular weight excluding hydrogens is 538 g/mol. The molecule has 0 spiro atoms. The number of cyclic esters (lactones) is 1. The molecule has 1 saturated carbocycles. The molecule has 9 heteroatoms. The van der Waals surface area contributed by atoms with E-state index in [2.05, 4.69) is 6.58 Å². The molecule has 6 N–H and O–H groups in total. The van der Waals surface area contributed by atoms with Crippen LogP contribution in [0.4, 0.5) is 4.79 Å². The molecule has 2 fully saturated rings. The number of amides is 1. The molecular formula is C33H55NO8. The molecule has 0 aromatic carbocycles. The minimum Gasteiger partial charge on any atom is -0.461 e. The van der Waals surface area contributed by atoms with Crippen LogP contribution >= 0.6 is 0 Å². The minimum absolute atomic E-state index is 0.130. The number of carbonyl (C=O) groups is 2. The van der Waals surface area contributed by atoms with E-state index < -0.39 is 60.0 Å². The van der Waals surface area contributed by atoms with Gasteiger partial charge in [0.2, 0.25) is 0 Å². The third kappa shape index (κ3) is 8.24. The number of carbonyl (C=O) groups excluding carboxylic acids is 2. The molecule has 1 aliphatic heterocycles. The molecule has 42 heavy (non-hydrogen) atoms. The first-order valence-electron chi connectivity index (χ1n) is 15.3. The van der Waals surface area contributed by atoms with Gasteiger partial charge in [0.15, 0.2) is 0 Å². The summed E-state index contributed by atoms with van der Waals surface area (Å²) >= 11 is 0. The number of hydrogen-bond acceptors (Lipinski definition) is 8. The third-order valence-corrected chi connectivity index (χ3v) is 10.1. The van der Waals surface area contributed by atoms with Crippen LogP contribution in [0.15, 0.2) is 37.0 Å². The molecule has 0 radical (unpaired) electrons. The van der Waals surface area contributed by atoms with E-state index in [9.17, 15) is 30.0 Å². The van der Waals surface area contributed by atoms with Crippen molar-refractivity contribution in [2.24, 2.45) is 59.0 Å². The summed E-state index contributed by atoms with van der Waals surface area (Å²) in [6.07, 6.45) is 5.44. The molecule has 9 nitrogen and oxygen atoms in total. The van der Waals surface area contributed by atoms with E-state index in [4.69, 9.17) is 15.2 Å². The zero-order chi connectivity index (χ0) is 32.1. The Morgan fingerprint density at radius 3 is 2.31 bits per heavy atom. The number of aliphatic hydroxyl groups excluding tert-OH is 3. The average Bonchev–Trinajstić information content (AvgIpc) is 3.14. The number of rotatable bonds is 13. The number of primary amides is 1. The SMILES string of the molecule is C=C/C=C\[C@H](C)[C@H](OC(N)=O)[C@@H](C)[C@H](O)[C@@H](C)C[C@@](C)(O)[C@@H]1[C@H](C)[C@@H](O)[C@@H](C)[C@H]1/C=C/C[C@H]1OC(=O)[C@H](C)[C@@H](O)[C@H]1C. The largest absolute Gasteiger partial charge is 0.461 e. The van der Waals surface area contributed by atoms with Crippen LogP contribution in [0.1, 0.15) is 68.2 Å². The van der Waals surface area contributed by atoms with Gasteiger partial charge >= 0.3 is 12.1 Å². The second-order valence-electron chi connectivity index (χ2n) is 13.4. The van der Waals surface area contributed by atoms with Crippen molar-refractivity contribution in [3.8, 4) is 0 Å². The van der Waals surface area contributed by atoms with Gasteiger partial charge in [-0.25, -0.2) is 4.79 Å². The molecule has 1 amide bonds. The fraction of sp³-hybridized carbons (Fsp3) is 0.758. The topological polar surface area (TPSA) is 160 Å². The molecule has 2 rings (SSSR count). The summed E-state index contributed by atoms with van der Waals surface area (Å²) in [6.45, 7) is 18.4. The normalized spacial score (nSPS) is 37.0. The van der Waals surface area contributed by atoms with Crippen molar-refractivity contribution >= 4 is 12.1 Å². The number of esters is 1. The lowest BCUT2D eigenvalue weighted by Crippen LogP contribution is -2.46. The highest BCUT2D eigenvalue weighted by Gasteiger charge is 2.52. The second-order valence-corrected chi connectivity index (χ2v) is 13.4. The fourth-order valence-corrected chi connectivity index (χ4v) is 7.50. The van der Waals surface area contributed by atoms with Crippen molar-refractivity contribution < 1.29 is 39.5 Å². The zero-order valence-electron chi connectivity index (χ0n) is 26.6. The maximum atomic E-state index is 12.2. The molecule has 1 heterocycles. The number of ether oxygens (including phenoxy) is 2. The molecule has 240 valence electrons. The van der Waals surface area contributed by atoms with E-state index in [1.807, 2.05) is 52.8 Å². The highest BCUT2D eigenvalue weighted by molar-refractivity contribution is 5.73. The van der Waals surface area contributed by atoms with Crippen LogP contribution < -0.4 is 5.73 Å². The lowest BCUT2D eigenvalue weighted by atomic mass is 9.70. The van der Waals surface area contributed by atoms with Gasteiger partial charge in [0.05, 0.1) is 29.8 Å². The van der Waals surface area contributed by atoms with Crippen molar-refractivity contribution in [1.29, 1.82) is 0 Å². The molecule has 2 aliphatic rings. The van der Waals surface area contributed by atoms with E-state index >= 15 is 0 Å². The summed E-state index contributed by atoms with van der Waals surface area (Å²) in [4.78, 5) is 23.8. The first-order chi connectivity index (χ1) is 19.5. The van der Waals surface area contributed by atoms with Gasteiger partial charge < -0.3 is 35.6 Å². The maximum absolute atomic E-state index is 12.2. The first kappa shape index (κ1) is 36.0. The smallest absolute Gasteiger partial charge is 0.404 e. The van der Waals surface area contributed by atoms with Crippen molar-refractivity contribution in [2.75, 3.05) is 0 Å². The molecule has 0 aromatic heterocycles.